The summed E-state index contributed by atoms with van der Waals surface area (Å²) in [5, 5.41) is 3.34. The van der Waals surface area contributed by atoms with Crippen LogP contribution in [-0.4, -0.2) is 37.4 Å². The summed E-state index contributed by atoms with van der Waals surface area (Å²) in [5.41, 5.74) is 2.15. The van der Waals surface area contributed by atoms with E-state index >= 15 is 0 Å². The van der Waals surface area contributed by atoms with Gasteiger partial charge in [0.2, 0.25) is 5.91 Å². The van der Waals surface area contributed by atoms with Gasteiger partial charge in [-0.2, -0.15) is 0 Å². The minimum absolute atomic E-state index is 0.183. The maximum absolute atomic E-state index is 12.8. The van der Waals surface area contributed by atoms with Crippen LogP contribution in [0, 0.1) is 6.92 Å². The maximum atomic E-state index is 12.8. The number of nitrogens with zero attached hydrogens (tertiary/aromatic N) is 1. The van der Waals surface area contributed by atoms with Crippen LogP contribution in [0.25, 0.3) is 0 Å². The molecule has 1 N–H and O–H groups in total. The number of carbonyl (C=O) groups is 3. The lowest BCUT2D eigenvalue weighted by Gasteiger charge is -2.29. The predicted molar refractivity (Wildman–Crippen MR) is 125 cm³/mol. The summed E-state index contributed by atoms with van der Waals surface area (Å²) in [6.07, 6.45) is 0. The van der Waals surface area contributed by atoms with Gasteiger partial charge in [-0.3, -0.25) is 19.3 Å². The Balaban J connectivity index is 1.49. The minimum atomic E-state index is -0.372. The lowest BCUT2D eigenvalue weighted by Crippen LogP contribution is -2.43. The summed E-state index contributed by atoms with van der Waals surface area (Å²) < 4.78 is 11.1. The zero-order chi connectivity index (χ0) is 23.4. The Morgan fingerprint density at radius 2 is 1.88 bits per heavy atom. The van der Waals surface area contributed by atoms with Gasteiger partial charge < -0.3 is 14.8 Å². The molecule has 1 aliphatic rings. The maximum Gasteiger partial charge on any atom is 0.265 e. The Labute approximate surface area is 195 Å². The zero-order valence-electron chi connectivity index (χ0n) is 17.8. The lowest BCUT2D eigenvalue weighted by atomic mass is 10.1. The third kappa shape index (κ3) is 5.32. The second kappa shape index (κ2) is 9.75. The first-order valence-corrected chi connectivity index (χ1v) is 10.6. The number of carbonyl (C=O) groups excluding carboxylic acids is 3. The van der Waals surface area contributed by atoms with Crippen molar-refractivity contribution in [2.75, 3.05) is 30.0 Å². The molecule has 0 spiro atoms. The number of aryl methyl sites for hydroxylation is 1. The third-order valence-corrected chi connectivity index (χ3v) is 5.31. The monoisotopic (exact) mass is 464 g/mol. The van der Waals surface area contributed by atoms with Crippen LogP contribution in [0.4, 0.5) is 11.4 Å². The predicted octanol–water partition coefficient (Wildman–Crippen LogP) is 4.27. The Kier molecular flexibility index (Phi) is 6.60. The van der Waals surface area contributed by atoms with Crippen molar-refractivity contribution >= 4 is 40.6 Å². The summed E-state index contributed by atoms with van der Waals surface area (Å²) in [6.45, 7) is 1.26. The van der Waals surface area contributed by atoms with E-state index in [-0.39, 0.29) is 37.4 Å². The molecular weight excluding hydrogens is 444 g/mol. The molecular formula is C25H21ClN2O5. The molecule has 3 aromatic rings. The number of halogens is 1. The van der Waals surface area contributed by atoms with Gasteiger partial charge in [-0.25, -0.2) is 0 Å². The normalized spacial score (nSPS) is 12.5. The van der Waals surface area contributed by atoms with Crippen molar-refractivity contribution in [1.29, 1.82) is 0 Å². The molecule has 4 rings (SSSR count). The molecule has 33 heavy (non-hydrogen) atoms. The SMILES string of the molecule is Cc1cc(Cl)ccc1OCC(=O)c1ccc2c(c1)N(CC(=O)Nc1ccccc1)C(=O)CO2. The van der Waals surface area contributed by atoms with Gasteiger partial charge in [0.15, 0.2) is 19.0 Å². The average Bonchev–Trinajstić information content (AvgIpc) is 2.80. The van der Waals surface area contributed by atoms with Crippen LogP contribution in [0.5, 0.6) is 11.5 Å². The van der Waals surface area contributed by atoms with Crippen molar-refractivity contribution in [2.45, 2.75) is 6.92 Å². The largest absolute Gasteiger partial charge is 0.485 e. The fraction of sp³-hybridized carbons (Fsp3) is 0.160. The van der Waals surface area contributed by atoms with Gasteiger partial charge in [-0.15, -0.1) is 0 Å². The van der Waals surface area contributed by atoms with Crippen molar-refractivity contribution in [2.24, 2.45) is 0 Å². The zero-order valence-corrected chi connectivity index (χ0v) is 18.6. The second-order valence-corrected chi connectivity index (χ2v) is 7.92. The number of fused-ring (bicyclic) bond motifs is 1. The molecule has 2 amide bonds. The second-order valence-electron chi connectivity index (χ2n) is 7.49. The van der Waals surface area contributed by atoms with Crippen molar-refractivity contribution in [3.05, 3.63) is 82.9 Å². The van der Waals surface area contributed by atoms with Crippen molar-refractivity contribution < 1.29 is 23.9 Å². The van der Waals surface area contributed by atoms with Crippen LogP contribution in [0.1, 0.15) is 15.9 Å². The number of amides is 2. The first-order valence-electron chi connectivity index (χ1n) is 10.2. The van der Waals surface area contributed by atoms with Crippen LogP contribution in [0.15, 0.2) is 66.7 Å². The van der Waals surface area contributed by atoms with Crippen LogP contribution in [0.2, 0.25) is 5.02 Å². The summed E-state index contributed by atoms with van der Waals surface area (Å²) in [7, 11) is 0. The molecule has 1 heterocycles. The number of hydrogen-bond donors (Lipinski definition) is 1. The molecule has 0 unspecified atom stereocenters. The van der Waals surface area contributed by atoms with Gasteiger partial charge in [-0.1, -0.05) is 29.8 Å². The van der Waals surface area contributed by atoms with E-state index in [1.165, 1.54) is 4.90 Å². The molecule has 3 aromatic carbocycles. The van der Waals surface area contributed by atoms with Gasteiger partial charge in [0.25, 0.3) is 5.91 Å². The van der Waals surface area contributed by atoms with Gasteiger partial charge in [0.05, 0.1) is 5.69 Å². The van der Waals surface area contributed by atoms with Gasteiger partial charge in [-0.05, 0) is 61.0 Å². The first-order chi connectivity index (χ1) is 15.9. The molecule has 0 radical (unpaired) electrons. The van der Waals surface area contributed by atoms with E-state index in [4.69, 9.17) is 21.1 Å². The molecule has 7 nitrogen and oxygen atoms in total. The molecule has 8 heteroatoms. The molecule has 1 aliphatic heterocycles. The Hall–Kier alpha value is -3.84. The molecule has 0 aliphatic carbocycles. The first kappa shape index (κ1) is 22.4. The number of nitrogens with one attached hydrogen (secondary N) is 1. The summed E-state index contributed by atoms with van der Waals surface area (Å²) in [5.74, 6) is -0.0283. The molecule has 0 aromatic heterocycles. The van der Waals surface area contributed by atoms with Gasteiger partial charge in [0, 0.05) is 16.3 Å². The van der Waals surface area contributed by atoms with E-state index in [1.54, 1.807) is 60.7 Å². The molecule has 168 valence electrons. The van der Waals surface area contributed by atoms with Gasteiger partial charge >= 0.3 is 0 Å². The fourth-order valence-electron chi connectivity index (χ4n) is 3.42. The summed E-state index contributed by atoms with van der Waals surface area (Å²) >= 11 is 5.95. The van der Waals surface area contributed by atoms with Gasteiger partial charge in [0.1, 0.15) is 18.0 Å². The molecule has 0 fully saturated rings. The quantitative estimate of drug-likeness (QED) is 0.528. The number of benzene rings is 3. The number of Topliss-reactive ketones (excluding diaryl/α,β-unsaturated/α-hetero) is 1. The molecule has 0 saturated carbocycles. The molecule has 0 atom stereocenters. The lowest BCUT2D eigenvalue weighted by molar-refractivity contribution is -0.123. The third-order valence-electron chi connectivity index (χ3n) is 5.08. The van der Waals surface area contributed by atoms with E-state index in [2.05, 4.69) is 5.32 Å². The van der Waals surface area contributed by atoms with E-state index in [0.29, 0.717) is 33.5 Å². The highest BCUT2D eigenvalue weighted by Crippen LogP contribution is 2.33. The van der Waals surface area contributed by atoms with Crippen molar-refractivity contribution in [3.63, 3.8) is 0 Å². The van der Waals surface area contributed by atoms with Crippen molar-refractivity contribution in [1.82, 2.24) is 0 Å². The van der Waals surface area contributed by atoms with E-state index < -0.39 is 0 Å². The molecule has 0 bridgehead atoms. The number of rotatable bonds is 7. The number of ether oxygens (including phenoxy) is 2. The van der Waals surface area contributed by atoms with E-state index in [1.807, 2.05) is 13.0 Å². The Bertz CT molecular complexity index is 1210. The molecule has 0 saturated heterocycles. The van der Waals surface area contributed by atoms with Crippen LogP contribution in [-0.2, 0) is 9.59 Å². The highest BCUT2D eigenvalue weighted by molar-refractivity contribution is 6.30. The van der Waals surface area contributed by atoms with Crippen LogP contribution < -0.4 is 19.7 Å². The average molecular weight is 465 g/mol. The standard InChI is InChI=1S/C25H21ClN2O5/c1-16-11-18(26)8-10-22(16)32-14-21(29)17-7-9-23-20(12-17)28(25(31)15-33-23)13-24(30)27-19-5-3-2-4-6-19/h2-12H,13-15H2,1H3,(H,27,30). The number of anilines is 2. The van der Waals surface area contributed by atoms with Crippen LogP contribution >= 0.6 is 11.6 Å². The number of hydrogen-bond acceptors (Lipinski definition) is 5. The number of ketones is 1. The fourth-order valence-corrected chi connectivity index (χ4v) is 3.64. The summed E-state index contributed by atoms with van der Waals surface area (Å²) in [4.78, 5) is 39.1. The topological polar surface area (TPSA) is 84.9 Å². The van der Waals surface area contributed by atoms with E-state index in [0.717, 1.165) is 5.56 Å². The highest BCUT2D eigenvalue weighted by atomic mass is 35.5. The Morgan fingerprint density at radius 1 is 1.09 bits per heavy atom. The summed E-state index contributed by atoms with van der Waals surface area (Å²) in [6, 6.07) is 18.9. The highest BCUT2D eigenvalue weighted by Gasteiger charge is 2.28. The minimum Gasteiger partial charge on any atom is -0.485 e. The van der Waals surface area contributed by atoms with Crippen LogP contribution in [0.3, 0.4) is 0 Å². The number of para-hydroxylation sites is 1. The smallest absolute Gasteiger partial charge is 0.265 e. The van der Waals surface area contributed by atoms with E-state index in [9.17, 15) is 14.4 Å². The van der Waals surface area contributed by atoms with Crippen molar-refractivity contribution in [3.8, 4) is 11.5 Å². The Morgan fingerprint density at radius 3 is 2.64 bits per heavy atom.